The summed E-state index contributed by atoms with van der Waals surface area (Å²) < 4.78 is 46.6. The summed E-state index contributed by atoms with van der Waals surface area (Å²) in [4.78, 5) is 21.3. The predicted octanol–water partition coefficient (Wildman–Crippen LogP) is 3.92. The molecule has 1 unspecified atom stereocenters. The number of benzene rings is 1. The van der Waals surface area contributed by atoms with Crippen molar-refractivity contribution in [1.82, 2.24) is 24.8 Å². The Bertz CT molecular complexity index is 1270. The van der Waals surface area contributed by atoms with Crippen LogP contribution in [0.3, 0.4) is 0 Å². The minimum Gasteiger partial charge on any atom is -0.363 e. The number of carbonyl (C=O) groups is 1. The predicted molar refractivity (Wildman–Crippen MR) is 101 cm³/mol. The fraction of sp³-hybridized carbons (Fsp3) is 0.300. The van der Waals surface area contributed by atoms with E-state index in [1.807, 2.05) is 18.2 Å². The fourth-order valence-corrected chi connectivity index (χ4v) is 3.63. The van der Waals surface area contributed by atoms with Crippen molar-refractivity contribution in [2.45, 2.75) is 32.0 Å². The van der Waals surface area contributed by atoms with Gasteiger partial charge in [-0.15, -0.1) is 0 Å². The lowest BCUT2D eigenvalue weighted by atomic mass is 10.1. The summed E-state index contributed by atoms with van der Waals surface area (Å²) in [7, 11) is 0. The first-order valence-electron chi connectivity index (χ1n) is 9.38. The Balaban J connectivity index is 1.57. The maximum absolute atomic E-state index is 13.3. The second kappa shape index (κ2) is 6.54. The Hall–Kier alpha value is -3.43. The van der Waals surface area contributed by atoms with E-state index in [0.717, 1.165) is 11.1 Å². The van der Waals surface area contributed by atoms with Crippen molar-refractivity contribution in [3.63, 3.8) is 0 Å². The number of aromatic nitrogens is 4. The van der Waals surface area contributed by atoms with E-state index in [1.165, 1.54) is 12.6 Å². The highest BCUT2D eigenvalue weighted by Gasteiger charge is 2.50. The molecule has 1 aromatic carbocycles. The van der Waals surface area contributed by atoms with Gasteiger partial charge in [-0.3, -0.25) is 9.20 Å². The van der Waals surface area contributed by atoms with Crippen molar-refractivity contribution < 1.29 is 22.5 Å². The highest BCUT2D eigenvalue weighted by atomic mass is 19.4. The zero-order valence-electron chi connectivity index (χ0n) is 15.8. The fourth-order valence-electron chi connectivity index (χ4n) is 3.63. The molecule has 0 bridgehead atoms. The minimum absolute atomic E-state index is 0.151. The number of imidazole rings is 1. The number of hydrogen-bond acceptors (Lipinski definition) is 5. The lowest BCUT2D eigenvalue weighted by molar-refractivity contribution is -0.158. The van der Waals surface area contributed by atoms with Gasteiger partial charge in [0.15, 0.2) is 11.3 Å². The van der Waals surface area contributed by atoms with Crippen LogP contribution in [0, 0.1) is 12.8 Å². The van der Waals surface area contributed by atoms with Crippen molar-refractivity contribution in [1.29, 1.82) is 0 Å². The number of aryl methyl sites for hydroxylation is 1. The quantitative estimate of drug-likeness (QED) is 0.546. The van der Waals surface area contributed by atoms with Gasteiger partial charge in [-0.05, 0) is 37.8 Å². The van der Waals surface area contributed by atoms with Gasteiger partial charge in [0, 0.05) is 16.6 Å². The van der Waals surface area contributed by atoms with Crippen LogP contribution in [0.15, 0.2) is 41.4 Å². The Morgan fingerprint density at radius 1 is 1.33 bits per heavy atom. The smallest absolute Gasteiger partial charge is 0.363 e. The molecule has 1 amide bonds. The molecule has 1 aliphatic carbocycles. The molecule has 4 aromatic rings. The molecule has 1 aliphatic rings. The first kappa shape index (κ1) is 18.6. The van der Waals surface area contributed by atoms with E-state index in [-0.39, 0.29) is 11.3 Å². The number of amides is 1. The number of halogens is 3. The van der Waals surface area contributed by atoms with Gasteiger partial charge >= 0.3 is 6.18 Å². The van der Waals surface area contributed by atoms with Crippen LogP contribution in [-0.4, -0.2) is 37.7 Å². The third-order valence-corrected chi connectivity index (χ3v) is 5.31. The first-order valence-corrected chi connectivity index (χ1v) is 9.38. The maximum atomic E-state index is 13.3. The lowest BCUT2D eigenvalue weighted by Crippen LogP contribution is -2.47. The first-order chi connectivity index (χ1) is 14.3. The van der Waals surface area contributed by atoms with Crippen LogP contribution in [0.2, 0.25) is 0 Å². The molecule has 3 aromatic heterocycles. The average Bonchev–Trinajstić information content (AvgIpc) is 3.23. The lowest BCUT2D eigenvalue weighted by Gasteiger charge is -2.20. The largest absolute Gasteiger partial charge is 0.408 e. The zero-order valence-corrected chi connectivity index (χ0v) is 15.8. The molecule has 30 heavy (non-hydrogen) atoms. The Kier molecular flexibility index (Phi) is 4.05. The molecule has 1 fully saturated rings. The molecule has 154 valence electrons. The molecule has 3 heterocycles. The Labute approximate surface area is 167 Å². The van der Waals surface area contributed by atoms with Gasteiger partial charge in [0.05, 0.1) is 5.69 Å². The van der Waals surface area contributed by atoms with E-state index in [2.05, 4.69) is 20.4 Å². The Morgan fingerprint density at radius 2 is 2.13 bits per heavy atom. The maximum Gasteiger partial charge on any atom is 0.408 e. The summed E-state index contributed by atoms with van der Waals surface area (Å²) >= 11 is 0. The zero-order chi connectivity index (χ0) is 21.0. The minimum atomic E-state index is -4.51. The summed E-state index contributed by atoms with van der Waals surface area (Å²) in [6.45, 7) is 1.80. The second-order valence-corrected chi connectivity index (χ2v) is 7.46. The highest BCUT2D eigenvalue weighted by Crippen LogP contribution is 2.40. The van der Waals surface area contributed by atoms with Crippen LogP contribution in [0.1, 0.15) is 29.0 Å². The van der Waals surface area contributed by atoms with Crippen LogP contribution in [0.4, 0.5) is 13.2 Å². The summed E-state index contributed by atoms with van der Waals surface area (Å²) in [5.41, 5.74) is 2.55. The summed E-state index contributed by atoms with van der Waals surface area (Å²) in [6, 6.07) is 5.39. The third kappa shape index (κ3) is 3.08. The van der Waals surface area contributed by atoms with Crippen molar-refractivity contribution in [2.24, 2.45) is 5.92 Å². The van der Waals surface area contributed by atoms with Gasteiger partial charge in [-0.1, -0.05) is 17.3 Å². The molecule has 0 spiro atoms. The number of carbonyl (C=O) groups excluding carboxylic acids is 1. The number of hydrogen-bond donors (Lipinski definition) is 1. The van der Waals surface area contributed by atoms with E-state index in [9.17, 15) is 18.0 Å². The highest BCUT2D eigenvalue weighted by molar-refractivity contribution is 5.99. The van der Waals surface area contributed by atoms with E-state index in [4.69, 9.17) is 4.52 Å². The van der Waals surface area contributed by atoms with Gasteiger partial charge in [0.1, 0.15) is 24.1 Å². The van der Waals surface area contributed by atoms with Gasteiger partial charge in [0.2, 0.25) is 0 Å². The van der Waals surface area contributed by atoms with Gasteiger partial charge in [-0.2, -0.15) is 13.2 Å². The molecule has 1 atom stereocenters. The monoisotopic (exact) mass is 415 g/mol. The van der Waals surface area contributed by atoms with Crippen molar-refractivity contribution in [3.05, 3.63) is 48.2 Å². The van der Waals surface area contributed by atoms with Gasteiger partial charge in [-0.25, -0.2) is 9.97 Å². The summed E-state index contributed by atoms with van der Waals surface area (Å²) in [6.07, 6.45) is -0.734. The Morgan fingerprint density at radius 3 is 2.87 bits per heavy atom. The number of nitrogens with one attached hydrogen (secondary N) is 1. The molecule has 1 saturated carbocycles. The van der Waals surface area contributed by atoms with Gasteiger partial charge < -0.3 is 9.84 Å². The molecule has 7 nitrogen and oxygen atoms in total. The molecule has 0 saturated heterocycles. The van der Waals surface area contributed by atoms with Crippen LogP contribution >= 0.6 is 0 Å². The van der Waals surface area contributed by atoms with E-state index >= 15 is 0 Å². The van der Waals surface area contributed by atoms with Crippen molar-refractivity contribution in [2.75, 3.05) is 0 Å². The van der Waals surface area contributed by atoms with E-state index < -0.39 is 24.0 Å². The molecular formula is C20H16F3N5O2. The molecular weight excluding hydrogens is 399 g/mol. The molecule has 0 aliphatic heterocycles. The van der Waals surface area contributed by atoms with Gasteiger partial charge in [0.25, 0.3) is 5.91 Å². The SMILES string of the molecule is Cc1cc(-c2cccc3conc23)nc2c(C(=O)NC(C3CC3)C(F)(F)F)ncn12. The number of rotatable bonds is 4. The standard InChI is InChI=1S/C20H16F3N5O2/c1-10-7-14(13-4-2-3-12-8-30-27-15(12)13)25-18-16(24-9-28(10)18)19(29)26-17(11-5-6-11)20(21,22)23/h2-4,7-9,11,17H,5-6H2,1H3,(H,26,29). The number of fused-ring (bicyclic) bond motifs is 2. The number of nitrogens with zero attached hydrogens (tertiary/aromatic N) is 4. The van der Waals surface area contributed by atoms with Crippen LogP contribution in [-0.2, 0) is 0 Å². The normalized spacial score (nSPS) is 15.6. The molecule has 5 rings (SSSR count). The second-order valence-electron chi connectivity index (χ2n) is 7.46. The van der Waals surface area contributed by atoms with E-state index in [1.54, 1.807) is 17.4 Å². The van der Waals surface area contributed by atoms with Crippen LogP contribution in [0.5, 0.6) is 0 Å². The van der Waals surface area contributed by atoms with Crippen molar-refractivity contribution >= 4 is 22.5 Å². The van der Waals surface area contributed by atoms with E-state index in [0.29, 0.717) is 29.6 Å². The summed E-state index contributed by atoms with van der Waals surface area (Å²) in [5.74, 6) is -1.48. The van der Waals surface area contributed by atoms with Crippen molar-refractivity contribution in [3.8, 4) is 11.3 Å². The average molecular weight is 415 g/mol. The van der Waals surface area contributed by atoms with Crippen LogP contribution in [0.25, 0.3) is 27.8 Å². The number of alkyl halides is 3. The van der Waals surface area contributed by atoms with Crippen LogP contribution < -0.4 is 5.32 Å². The molecule has 10 heteroatoms. The topological polar surface area (TPSA) is 85.3 Å². The molecule has 1 N–H and O–H groups in total. The molecule has 0 radical (unpaired) electrons. The third-order valence-electron chi connectivity index (χ3n) is 5.31. The summed E-state index contributed by atoms with van der Waals surface area (Å²) in [5, 5.41) is 6.90.